The van der Waals surface area contributed by atoms with Crippen molar-refractivity contribution in [2.75, 3.05) is 47.8 Å². The molecule has 4 aliphatic carbocycles. The van der Waals surface area contributed by atoms with Crippen molar-refractivity contribution in [2.45, 2.75) is 105 Å². The molecule has 0 saturated carbocycles. The number of piperidine rings is 2. The molecule has 0 amide bonds. The van der Waals surface area contributed by atoms with E-state index in [0.717, 1.165) is 50.9 Å². The molecule has 0 aromatic heterocycles. The van der Waals surface area contributed by atoms with Crippen LogP contribution in [-0.4, -0.2) is 143 Å². The fraction of sp³-hybridized carbons (Fsp3) is 0.482. The Kier molecular flexibility index (Phi) is 14.2. The minimum Gasteiger partial charge on any atom is -0.504 e. The number of carbonyl (C=O) groups excluding carboxylic acids is 1. The van der Waals surface area contributed by atoms with Crippen molar-refractivity contribution < 1.29 is 57.0 Å². The van der Waals surface area contributed by atoms with E-state index < -0.39 is 28.2 Å². The Bertz CT molecular complexity index is 2690. The van der Waals surface area contributed by atoms with Gasteiger partial charge >= 0.3 is 16.4 Å². The number of hydrogen-bond acceptors (Lipinski definition) is 13. The summed E-state index contributed by atoms with van der Waals surface area (Å²) < 4.78 is 49.9. The average molecular weight is 1010 g/mol. The van der Waals surface area contributed by atoms with Gasteiger partial charge in [0.05, 0.1) is 0 Å². The zero-order valence-electron chi connectivity index (χ0n) is 41.8. The third-order valence-corrected chi connectivity index (χ3v) is 16.9. The summed E-state index contributed by atoms with van der Waals surface area (Å²) >= 11 is 0. The second kappa shape index (κ2) is 19.9. The van der Waals surface area contributed by atoms with Gasteiger partial charge in [-0.15, -0.1) is 0 Å². The van der Waals surface area contributed by atoms with Crippen molar-refractivity contribution in [3.05, 3.63) is 143 Å². The smallest absolute Gasteiger partial charge is 0.394 e. The lowest BCUT2D eigenvalue weighted by Crippen LogP contribution is -2.64. The number of nitrogens with zero attached hydrogens (tertiary/aromatic N) is 3. The maximum Gasteiger partial charge on any atom is 0.394 e. The highest BCUT2D eigenvalue weighted by Gasteiger charge is 2.65. The molecule has 4 bridgehead atoms. The first kappa shape index (κ1) is 51.6. The van der Waals surface area contributed by atoms with Gasteiger partial charge < -0.3 is 49.3 Å². The number of hydrogen-bond donors (Lipinski definition) is 6. The summed E-state index contributed by atoms with van der Waals surface area (Å²) in [6, 6.07) is 28.9. The van der Waals surface area contributed by atoms with Gasteiger partial charge in [-0.05, 0) is 101 Å². The van der Waals surface area contributed by atoms with Gasteiger partial charge in [-0.3, -0.25) is 13.9 Å². The number of likely N-dealkylation sites (tertiary alicyclic amines) is 2. The lowest BCUT2D eigenvalue weighted by Gasteiger charge is -2.56. The van der Waals surface area contributed by atoms with Crippen LogP contribution in [0.2, 0.25) is 0 Å². The molecular formula is C56H69N3O12S. The number of likely N-dealkylation sites (N-methyl/N-ethyl adjacent to an activating group) is 2. The number of ether oxygens (including phenoxy) is 3. The average Bonchev–Trinajstić information content (AvgIpc) is 3.90. The summed E-state index contributed by atoms with van der Waals surface area (Å²) in [7, 11) is 3.81. The quantitative estimate of drug-likeness (QED) is 0.0678. The van der Waals surface area contributed by atoms with Crippen LogP contribution in [-0.2, 0) is 55.6 Å². The van der Waals surface area contributed by atoms with Crippen LogP contribution >= 0.6 is 0 Å². The highest BCUT2D eigenvalue weighted by Crippen LogP contribution is 2.64. The number of phenolic OH excluding ortho intramolecular Hbond substituents is 2. The fourth-order valence-corrected chi connectivity index (χ4v) is 13.8. The molecule has 16 heteroatoms. The van der Waals surface area contributed by atoms with Gasteiger partial charge in [-0.2, -0.15) is 8.42 Å². The minimum absolute atomic E-state index is 0.139. The maximum atomic E-state index is 12.3. The van der Waals surface area contributed by atoms with Crippen molar-refractivity contribution in [1.29, 1.82) is 0 Å². The molecule has 72 heavy (non-hydrogen) atoms. The van der Waals surface area contributed by atoms with Crippen LogP contribution in [0.15, 0.2) is 109 Å². The van der Waals surface area contributed by atoms with Crippen LogP contribution in [0.4, 0.5) is 0 Å². The number of aliphatic hydroxyl groups is 2. The first-order chi connectivity index (χ1) is 34.2. The molecule has 2 saturated heterocycles. The number of phenols is 2. The topological polar surface area (TPSA) is 210 Å². The summed E-state index contributed by atoms with van der Waals surface area (Å²) in [4.78, 5) is 19.4. The number of rotatable bonds is 8. The molecule has 4 heterocycles. The zero-order chi connectivity index (χ0) is 51.5. The Hall–Kier alpha value is -5.30. The second-order valence-corrected chi connectivity index (χ2v) is 22.1. The van der Waals surface area contributed by atoms with Crippen LogP contribution in [0.3, 0.4) is 0 Å². The van der Waals surface area contributed by atoms with Crippen molar-refractivity contribution in [3.8, 4) is 23.0 Å². The lowest BCUT2D eigenvalue weighted by atomic mass is 9.53. The lowest BCUT2D eigenvalue weighted by molar-refractivity contribution is -0.168. The molecule has 2 spiro atoms. The molecule has 6 N–H and O–H groups in total. The fourth-order valence-electron chi connectivity index (χ4n) is 13.8. The van der Waals surface area contributed by atoms with Crippen LogP contribution in [0.25, 0.3) is 0 Å². The van der Waals surface area contributed by atoms with E-state index in [1.807, 2.05) is 67.6 Å². The van der Waals surface area contributed by atoms with Crippen LogP contribution in [0.5, 0.6) is 23.0 Å². The Morgan fingerprint density at radius 3 is 1.62 bits per heavy atom. The number of carbonyl (C=O) groups is 1. The SMILES string of the molecule is CCC(=O)O[C@](Cc1ccccc1)(c1ccccc1)[C@H](C)CN(C)C.CN1CC[C@]23c4c5ccc(O)c4O[C@H]2[C@@H](O)C=C[C@H]3[C@H]1C5.CN1CC[C@]23c4c5ccc(O)c4O[C@H]2[C@@H](O)C=C[C@H]3[C@H]1C5.O=S(=O)(O)O. The van der Waals surface area contributed by atoms with E-state index in [-0.39, 0.29) is 46.4 Å². The second-order valence-electron chi connectivity index (χ2n) is 21.2. The van der Waals surface area contributed by atoms with Crippen LogP contribution < -0.4 is 9.47 Å². The first-order valence-corrected chi connectivity index (χ1v) is 26.5. The maximum absolute atomic E-state index is 12.3. The number of benzene rings is 4. The van der Waals surface area contributed by atoms with Crippen LogP contribution in [0, 0.1) is 17.8 Å². The Labute approximate surface area is 422 Å². The molecule has 12 atom stereocenters. The van der Waals surface area contributed by atoms with E-state index in [2.05, 4.69) is 86.2 Å². The Morgan fingerprint density at radius 1 is 0.750 bits per heavy atom. The molecule has 0 unspecified atom stereocenters. The standard InChI is InChI=1S/C22H29NO2.2C17H19NO3.H2O4S/c1-5-21(24)25-22(18(2)17-23(3)4,20-14-10-7-11-15-20)16-19-12-8-6-9-13-19;2*1-18-7-6-17-10-3-5-13(20)16(17)21-15-12(19)4-2-9(14(15)17)8-11(10)18;1-5(2,3)4/h6-15,18H,5,16-17H2,1-4H3;2*2-5,10-11,13,16,19-20H,6-8H2,1H3;(H2,1,2,3,4)/t18-,22+;2*10-,11+,13-,16-,17-;/m100./s1. The normalized spacial score (nSPS) is 30.8. The Balaban J connectivity index is 0.000000127. The Morgan fingerprint density at radius 2 is 1.19 bits per heavy atom. The van der Waals surface area contributed by atoms with Gasteiger partial charge in [-0.25, -0.2) is 0 Å². The summed E-state index contributed by atoms with van der Waals surface area (Å²) in [5, 5.41) is 41.3. The summed E-state index contributed by atoms with van der Waals surface area (Å²) in [5.41, 5.74) is 6.12. The zero-order valence-corrected chi connectivity index (χ0v) is 42.7. The third-order valence-electron chi connectivity index (χ3n) is 16.9. The number of aliphatic hydroxyl groups excluding tert-OH is 2. The van der Waals surface area contributed by atoms with Crippen molar-refractivity contribution in [1.82, 2.24) is 14.7 Å². The summed E-state index contributed by atoms with van der Waals surface area (Å²) in [6.07, 6.45) is 11.4. The van der Waals surface area contributed by atoms with Crippen molar-refractivity contribution >= 4 is 16.4 Å². The van der Waals surface area contributed by atoms with Gasteiger partial charge in [0.25, 0.3) is 0 Å². The van der Waals surface area contributed by atoms with Crippen molar-refractivity contribution in [3.63, 3.8) is 0 Å². The predicted molar refractivity (Wildman–Crippen MR) is 272 cm³/mol. The van der Waals surface area contributed by atoms with E-state index in [1.54, 1.807) is 12.1 Å². The molecule has 4 aromatic carbocycles. The third kappa shape index (κ3) is 9.01. The molecule has 8 aliphatic rings. The first-order valence-electron chi connectivity index (χ1n) is 25.1. The number of esters is 1. The van der Waals surface area contributed by atoms with Gasteiger partial charge in [0.2, 0.25) is 0 Å². The van der Waals surface area contributed by atoms with E-state index in [0.29, 0.717) is 48.3 Å². The summed E-state index contributed by atoms with van der Waals surface area (Å²) in [5.74, 6) is 2.36. The predicted octanol–water partition coefficient (Wildman–Crippen LogP) is 6.02. The van der Waals surface area contributed by atoms with E-state index in [4.69, 9.17) is 31.7 Å². The van der Waals surface area contributed by atoms with Gasteiger partial charge in [-0.1, -0.05) is 111 Å². The van der Waals surface area contributed by atoms with E-state index in [9.17, 15) is 25.2 Å². The van der Waals surface area contributed by atoms with Gasteiger partial charge in [0.15, 0.2) is 23.0 Å². The molecule has 0 radical (unpaired) electrons. The highest BCUT2D eigenvalue weighted by atomic mass is 32.3. The number of aromatic hydroxyl groups is 2. The van der Waals surface area contributed by atoms with E-state index >= 15 is 0 Å². The van der Waals surface area contributed by atoms with Gasteiger partial charge in [0.1, 0.15) is 30.0 Å². The van der Waals surface area contributed by atoms with Crippen molar-refractivity contribution in [2.24, 2.45) is 17.8 Å². The molecule has 4 aliphatic heterocycles. The highest BCUT2D eigenvalue weighted by molar-refractivity contribution is 7.79. The minimum atomic E-state index is -4.67. The monoisotopic (exact) mass is 1010 g/mol. The van der Waals surface area contributed by atoms with Crippen LogP contribution in [0.1, 0.15) is 66.5 Å². The molecular weight excluding hydrogens is 939 g/mol. The van der Waals surface area contributed by atoms with E-state index in [1.165, 1.54) is 27.8 Å². The molecule has 15 nitrogen and oxygen atoms in total. The molecule has 12 rings (SSSR count). The molecule has 4 aromatic rings. The summed E-state index contributed by atoms with van der Waals surface area (Å²) in [6.45, 7) is 6.86. The van der Waals surface area contributed by atoms with Gasteiger partial charge in [0, 0.05) is 71.2 Å². The largest absolute Gasteiger partial charge is 0.504 e. The molecule has 386 valence electrons. The molecule has 2 fully saturated rings.